The van der Waals surface area contributed by atoms with Gasteiger partial charge in [0.05, 0.1) is 33.5 Å². The topological polar surface area (TPSA) is 104 Å². The van der Waals surface area contributed by atoms with E-state index in [0.717, 1.165) is 28.5 Å². The van der Waals surface area contributed by atoms with Crippen LogP contribution in [0.4, 0.5) is 0 Å². The van der Waals surface area contributed by atoms with E-state index in [1.165, 1.54) is 0 Å². The minimum absolute atomic E-state index is 0.131. The molecule has 10 nitrogen and oxygen atoms in total. The van der Waals surface area contributed by atoms with Crippen molar-refractivity contribution in [2.24, 2.45) is 0 Å². The standard InChI is InChI=1S/C33H35NO9/c1-5-14-40-24-11-12-26-25(16-24)31(21-9-13-27-29(15-21)43-20-42-27)32(33(36)39-7-3)34(26)18-22-8-10-23(37-4)17-28(22)41-19-30(35)38-6-2/h8-13,15-17H,5-7,14,18-20H2,1-4H3. The Bertz CT molecular complexity index is 1620. The van der Waals surface area contributed by atoms with E-state index in [9.17, 15) is 9.59 Å². The molecule has 0 amide bonds. The molecule has 0 spiro atoms. The summed E-state index contributed by atoms with van der Waals surface area (Å²) < 4.78 is 41.0. The number of aromatic nitrogens is 1. The van der Waals surface area contributed by atoms with Crippen molar-refractivity contribution in [3.63, 3.8) is 0 Å². The van der Waals surface area contributed by atoms with Gasteiger partial charge in [0.15, 0.2) is 18.1 Å². The molecule has 0 atom stereocenters. The normalized spacial score (nSPS) is 11.8. The average molecular weight is 590 g/mol. The van der Waals surface area contributed by atoms with Gasteiger partial charge in [0.1, 0.15) is 22.9 Å². The van der Waals surface area contributed by atoms with Crippen LogP contribution in [0.15, 0.2) is 54.6 Å². The molecular weight excluding hydrogens is 554 g/mol. The van der Waals surface area contributed by atoms with Gasteiger partial charge < -0.3 is 37.7 Å². The van der Waals surface area contributed by atoms with Crippen LogP contribution in [0.3, 0.4) is 0 Å². The predicted octanol–water partition coefficient (Wildman–Crippen LogP) is 6.00. The molecule has 0 saturated carbocycles. The monoisotopic (exact) mass is 589 g/mol. The van der Waals surface area contributed by atoms with Crippen molar-refractivity contribution < 1.29 is 42.7 Å². The summed E-state index contributed by atoms with van der Waals surface area (Å²) in [6, 6.07) is 16.7. The van der Waals surface area contributed by atoms with Crippen molar-refractivity contribution >= 4 is 22.8 Å². The third kappa shape index (κ3) is 6.33. The van der Waals surface area contributed by atoms with E-state index >= 15 is 0 Å². The van der Waals surface area contributed by atoms with Crippen LogP contribution in [-0.2, 0) is 20.8 Å². The molecule has 3 aromatic carbocycles. The Morgan fingerprint density at radius 2 is 1.65 bits per heavy atom. The van der Waals surface area contributed by atoms with Gasteiger partial charge in [-0.25, -0.2) is 9.59 Å². The van der Waals surface area contributed by atoms with Crippen molar-refractivity contribution in [3.8, 4) is 39.9 Å². The largest absolute Gasteiger partial charge is 0.497 e. The molecule has 226 valence electrons. The number of carbonyl (C=O) groups is 2. The van der Waals surface area contributed by atoms with Crippen LogP contribution in [0.25, 0.3) is 22.0 Å². The van der Waals surface area contributed by atoms with Crippen LogP contribution in [0, 0.1) is 0 Å². The number of ether oxygens (including phenoxy) is 7. The number of nitrogens with zero attached hydrogens (tertiary/aromatic N) is 1. The summed E-state index contributed by atoms with van der Waals surface area (Å²) in [6.45, 7) is 6.64. The van der Waals surface area contributed by atoms with Gasteiger partial charge in [-0.1, -0.05) is 13.0 Å². The number of carbonyl (C=O) groups excluding carboxylic acids is 2. The summed E-state index contributed by atoms with van der Waals surface area (Å²) in [7, 11) is 1.55. The average Bonchev–Trinajstić information content (AvgIpc) is 3.61. The molecule has 43 heavy (non-hydrogen) atoms. The first-order chi connectivity index (χ1) is 21.0. The number of hydrogen-bond donors (Lipinski definition) is 0. The SMILES string of the molecule is CCCOc1ccc2c(c1)c(-c1ccc3c(c1)OCO3)c(C(=O)OCC)n2Cc1ccc(OC)cc1OCC(=O)OCC. The van der Waals surface area contributed by atoms with Gasteiger partial charge in [0, 0.05) is 28.1 Å². The maximum absolute atomic E-state index is 13.7. The van der Waals surface area contributed by atoms with Crippen LogP contribution < -0.4 is 23.7 Å². The Hall–Kier alpha value is -4.86. The van der Waals surface area contributed by atoms with E-state index in [1.54, 1.807) is 33.1 Å². The van der Waals surface area contributed by atoms with E-state index in [1.807, 2.05) is 54.0 Å². The second-order valence-electron chi connectivity index (χ2n) is 9.69. The molecule has 0 aliphatic carbocycles. The summed E-state index contributed by atoms with van der Waals surface area (Å²) >= 11 is 0. The van der Waals surface area contributed by atoms with Gasteiger partial charge in [0.2, 0.25) is 6.79 Å². The molecule has 0 N–H and O–H groups in total. The van der Waals surface area contributed by atoms with Gasteiger partial charge in [-0.3, -0.25) is 0 Å². The van der Waals surface area contributed by atoms with Gasteiger partial charge in [-0.05, 0) is 68.3 Å². The number of rotatable bonds is 13. The fourth-order valence-corrected chi connectivity index (χ4v) is 5.00. The second-order valence-corrected chi connectivity index (χ2v) is 9.69. The van der Waals surface area contributed by atoms with Crippen LogP contribution in [0.2, 0.25) is 0 Å². The predicted molar refractivity (Wildman–Crippen MR) is 159 cm³/mol. The van der Waals surface area contributed by atoms with Crippen LogP contribution >= 0.6 is 0 Å². The summed E-state index contributed by atoms with van der Waals surface area (Å²) in [5.41, 5.74) is 3.30. The third-order valence-corrected chi connectivity index (χ3v) is 6.89. The lowest BCUT2D eigenvalue weighted by Crippen LogP contribution is -2.17. The lowest BCUT2D eigenvalue weighted by atomic mass is 10.0. The van der Waals surface area contributed by atoms with Gasteiger partial charge in [-0.15, -0.1) is 0 Å². The summed E-state index contributed by atoms with van der Waals surface area (Å²) in [5, 5.41) is 0.804. The Morgan fingerprint density at radius 3 is 2.42 bits per heavy atom. The van der Waals surface area contributed by atoms with Gasteiger partial charge in [0.25, 0.3) is 0 Å². The minimum Gasteiger partial charge on any atom is -0.497 e. The maximum atomic E-state index is 13.7. The van der Waals surface area contributed by atoms with Crippen molar-refractivity contribution in [1.29, 1.82) is 0 Å². The number of methoxy groups -OCH3 is 1. The summed E-state index contributed by atoms with van der Waals surface area (Å²) in [5.74, 6) is 1.94. The highest BCUT2D eigenvalue weighted by Gasteiger charge is 2.28. The van der Waals surface area contributed by atoms with Crippen molar-refractivity contribution in [2.45, 2.75) is 33.7 Å². The zero-order valence-electron chi connectivity index (χ0n) is 24.8. The Labute approximate surface area is 250 Å². The smallest absolute Gasteiger partial charge is 0.355 e. The Balaban J connectivity index is 1.69. The lowest BCUT2D eigenvalue weighted by Gasteiger charge is -2.16. The molecule has 0 fully saturated rings. The molecule has 5 rings (SSSR count). The first-order valence-corrected chi connectivity index (χ1v) is 14.3. The van der Waals surface area contributed by atoms with E-state index in [2.05, 4.69) is 0 Å². The number of benzene rings is 3. The van der Waals surface area contributed by atoms with E-state index in [0.29, 0.717) is 46.6 Å². The Kier molecular flexibility index (Phi) is 9.24. The fraction of sp³-hybridized carbons (Fsp3) is 0.333. The number of hydrogen-bond acceptors (Lipinski definition) is 9. The lowest BCUT2D eigenvalue weighted by molar-refractivity contribution is -0.145. The quantitative estimate of drug-likeness (QED) is 0.174. The number of esters is 2. The van der Waals surface area contributed by atoms with Crippen LogP contribution in [-0.4, -0.2) is 56.8 Å². The van der Waals surface area contributed by atoms with E-state index in [4.69, 9.17) is 33.2 Å². The number of fused-ring (bicyclic) bond motifs is 2. The highest BCUT2D eigenvalue weighted by atomic mass is 16.7. The first-order valence-electron chi connectivity index (χ1n) is 14.3. The molecule has 0 unspecified atom stereocenters. The van der Waals surface area contributed by atoms with Crippen LogP contribution in [0.5, 0.6) is 28.7 Å². The molecule has 0 bridgehead atoms. The van der Waals surface area contributed by atoms with Crippen LogP contribution in [0.1, 0.15) is 43.2 Å². The fourth-order valence-electron chi connectivity index (χ4n) is 5.00. The first kappa shape index (κ1) is 29.6. The molecule has 1 aromatic heterocycles. The zero-order valence-corrected chi connectivity index (χ0v) is 24.8. The van der Waals surface area contributed by atoms with Crippen molar-refractivity contribution in [2.75, 3.05) is 40.3 Å². The molecular formula is C33H35NO9. The molecule has 4 aromatic rings. The molecule has 0 saturated heterocycles. The minimum atomic E-state index is -0.486. The van der Waals surface area contributed by atoms with Gasteiger partial charge in [-0.2, -0.15) is 0 Å². The molecule has 2 heterocycles. The molecule has 0 radical (unpaired) electrons. The van der Waals surface area contributed by atoms with E-state index < -0.39 is 11.9 Å². The third-order valence-electron chi connectivity index (χ3n) is 6.89. The molecule has 1 aliphatic heterocycles. The maximum Gasteiger partial charge on any atom is 0.355 e. The highest BCUT2D eigenvalue weighted by Crippen LogP contribution is 2.42. The Morgan fingerprint density at radius 1 is 0.860 bits per heavy atom. The van der Waals surface area contributed by atoms with Crippen molar-refractivity contribution in [3.05, 3.63) is 65.9 Å². The second kappa shape index (κ2) is 13.4. The zero-order chi connectivity index (χ0) is 30.3. The molecule has 10 heteroatoms. The highest BCUT2D eigenvalue weighted by molar-refractivity contribution is 6.09. The van der Waals surface area contributed by atoms with Crippen molar-refractivity contribution in [1.82, 2.24) is 4.57 Å². The summed E-state index contributed by atoms with van der Waals surface area (Å²) in [6.07, 6.45) is 0.855. The van der Waals surface area contributed by atoms with E-state index in [-0.39, 0.29) is 33.2 Å². The van der Waals surface area contributed by atoms with Gasteiger partial charge >= 0.3 is 11.9 Å². The molecule has 1 aliphatic rings. The summed E-state index contributed by atoms with van der Waals surface area (Å²) in [4.78, 5) is 25.8.